The van der Waals surface area contributed by atoms with Gasteiger partial charge in [0.15, 0.2) is 0 Å². The Hall–Kier alpha value is -0.0900. The van der Waals surface area contributed by atoms with Gasteiger partial charge in [-0.1, -0.05) is 20.8 Å². The summed E-state index contributed by atoms with van der Waals surface area (Å²) >= 11 is 0. The zero-order chi connectivity index (χ0) is 8.78. The summed E-state index contributed by atoms with van der Waals surface area (Å²) in [5.74, 6) is 0. The van der Waals surface area contributed by atoms with Gasteiger partial charge in [0.1, 0.15) is 0 Å². The third-order valence-electron chi connectivity index (χ3n) is 1.08. The molecule has 1 atom stereocenters. The van der Waals surface area contributed by atoms with Crippen LogP contribution in [0.2, 0.25) is 0 Å². The molecule has 0 amide bonds. The lowest BCUT2D eigenvalue weighted by Gasteiger charge is -2.00. The molecule has 4 heteroatoms. The lowest BCUT2D eigenvalue weighted by atomic mass is 10.4. The lowest BCUT2D eigenvalue weighted by molar-refractivity contribution is 0.468. The van der Waals surface area contributed by atoms with E-state index in [0.717, 1.165) is 0 Å². The molecule has 0 rings (SSSR count). The lowest BCUT2D eigenvalue weighted by Crippen LogP contribution is -2.14. The van der Waals surface area contributed by atoms with Gasteiger partial charge in [0.25, 0.3) is 10.1 Å². The molecule has 0 saturated heterocycles. The Morgan fingerprint density at radius 2 is 1.70 bits per heavy atom. The molecule has 0 aliphatic carbocycles. The molecule has 0 saturated carbocycles. The minimum atomic E-state index is -3.75. The van der Waals surface area contributed by atoms with Gasteiger partial charge in [0.05, 0.1) is 5.25 Å². The first-order chi connectivity index (χ1) is 4.48. The summed E-state index contributed by atoms with van der Waals surface area (Å²) in [6.45, 7) is 7.17. The topological polar surface area (TPSA) is 54.4 Å². The maximum Gasteiger partial charge on any atom is 0.267 e. The van der Waals surface area contributed by atoms with Gasteiger partial charge >= 0.3 is 0 Å². The van der Waals surface area contributed by atoms with Crippen LogP contribution < -0.4 is 0 Å². The molecule has 3 nitrogen and oxygen atoms in total. The van der Waals surface area contributed by atoms with Crippen LogP contribution in [0.25, 0.3) is 0 Å². The van der Waals surface area contributed by atoms with Crippen LogP contribution in [0, 0.1) is 0 Å². The van der Waals surface area contributed by atoms with Crippen LogP contribution in [-0.4, -0.2) is 18.2 Å². The Labute approximate surface area is 63.2 Å². The molecule has 0 spiro atoms. The summed E-state index contributed by atoms with van der Waals surface area (Å²) in [5.41, 5.74) is 0. The largest absolute Gasteiger partial charge is 0.285 e. The average Bonchev–Trinajstić information content (AvgIpc) is 1.89. The molecule has 0 fully saturated rings. The highest BCUT2D eigenvalue weighted by Gasteiger charge is 2.13. The summed E-state index contributed by atoms with van der Waals surface area (Å²) in [6, 6.07) is 0. The monoisotopic (exact) mass is 168 g/mol. The number of hydrogen-bond acceptors (Lipinski definition) is 2. The van der Waals surface area contributed by atoms with Gasteiger partial charge in [-0.15, -0.1) is 0 Å². The maximum atomic E-state index is 10.1. The van der Waals surface area contributed by atoms with Gasteiger partial charge < -0.3 is 0 Å². The fraction of sp³-hybridized carbons (Fsp3) is 1.00. The van der Waals surface area contributed by atoms with Crippen molar-refractivity contribution in [2.75, 3.05) is 0 Å². The van der Waals surface area contributed by atoms with Crippen LogP contribution in [0.4, 0.5) is 0 Å². The maximum absolute atomic E-state index is 10.1. The second kappa shape index (κ2) is 5.68. The first kappa shape index (κ1) is 12.6. The molecule has 1 unspecified atom stereocenters. The molecule has 0 bridgehead atoms. The van der Waals surface area contributed by atoms with Gasteiger partial charge in [-0.2, -0.15) is 8.42 Å². The standard InChI is InChI=1S/C4H10O3S.C2H6/c1-3-4(2)8(5,6)7;1-2/h4H,3H2,1-2H3,(H,5,6,7);1-2H3. The Morgan fingerprint density at radius 1 is 1.40 bits per heavy atom. The van der Waals surface area contributed by atoms with Crippen molar-refractivity contribution in [1.82, 2.24) is 0 Å². The minimum absolute atomic E-state index is 0.457. The highest BCUT2D eigenvalue weighted by molar-refractivity contribution is 7.86. The summed E-state index contributed by atoms with van der Waals surface area (Å²) in [4.78, 5) is 0. The number of rotatable bonds is 2. The second-order valence-electron chi connectivity index (χ2n) is 1.73. The van der Waals surface area contributed by atoms with Gasteiger partial charge in [-0.25, -0.2) is 0 Å². The van der Waals surface area contributed by atoms with Crippen LogP contribution in [0.15, 0.2) is 0 Å². The van der Waals surface area contributed by atoms with Crippen LogP contribution in [0.5, 0.6) is 0 Å². The van der Waals surface area contributed by atoms with Crippen molar-refractivity contribution >= 4 is 10.1 Å². The van der Waals surface area contributed by atoms with E-state index in [9.17, 15) is 8.42 Å². The first-order valence-corrected chi connectivity index (χ1v) is 4.95. The summed E-state index contributed by atoms with van der Waals surface area (Å²) in [6.07, 6.45) is 0.457. The van der Waals surface area contributed by atoms with E-state index in [1.165, 1.54) is 6.92 Å². The van der Waals surface area contributed by atoms with Crippen molar-refractivity contribution in [3.05, 3.63) is 0 Å². The molecule has 1 N–H and O–H groups in total. The summed E-state index contributed by atoms with van der Waals surface area (Å²) < 4.78 is 28.5. The van der Waals surface area contributed by atoms with Crippen molar-refractivity contribution in [2.45, 2.75) is 39.4 Å². The van der Waals surface area contributed by atoms with E-state index in [2.05, 4.69) is 0 Å². The Bertz CT molecular complexity index is 148. The van der Waals surface area contributed by atoms with Gasteiger partial charge in [-0.3, -0.25) is 4.55 Å². The first-order valence-electron chi connectivity index (χ1n) is 3.44. The van der Waals surface area contributed by atoms with E-state index >= 15 is 0 Å². The van der Waals surface area contributed by atoms with Crippen LogP contribution in [0.1, 0.15) is 34.1 Å². The molecular weight excluding hydrogens is 152 g/mol. The molecule has 0 aliphatic heterocycles. The van der Waals surface area contributed by atoms with Crippen LogP contribution >= 0.6 is 0 Å². The molecule has 0 aromatic carbocycles. The normalized spacial score (nSPS) is 13.3. The van der Waals surface area contributed by atoms with Crippen molar-refractivity contribution in [3.63, 3.8) is 0 Å². The van der Waals surface area contributed by atoms with E-state index in [1.807, 2.05) is 13.8 Å². The molecule has 0 heterocycles. The van der Waals surface area contributed by atoms with E-state index < -0.39 is 15.4 Å². The minimum Gasteiger partial charge on any atom is -0.285 e. The third kappa shape index (κ3) is 6.04. The van der Waals surface area contributed by atoms with E-state index in [-0.39, 0.29) is 0 Å². The van der Waals surface area contributed by atoms with Crippen LogP contribution in [0.3, 0.4) is 0 Å². The molecule has 0 radical (unpaired) electrons. The molecule has 0 aromatic rings. The predicted octanol–water partition coefficient (Wildman–Crippen LogP) is 1.70. The second-order valence-corrected chi connectivity index (χ2v) is 3.57. The average molecular weight is 168 g/mol. The molecule has 64 valence electrons. The molecule has 0 aromatic heterocycles. The highest BCUT2D eigenvalue weighted by atomic mass is 32.2. The summed E-state index contributed by atoms with van der Waals surface area (Å²) in [5, 5.41) is -0.623. The SMILES string of the molecule is CC.CCC(C)S(=O)(=O)O. The smallest absolute Gasteiger partial charge is 0.267 e. The molecular formula is C6H16O3S. The van der Waals surface area contributed by atoms with Crippen molar-refractivity contribution in [1.29, 1.82) is 0 Å². The van der Waals surface area contributed by atoms with E-state index in [4.69, 9.17) is 4.55 Å². The molecule has 10 heavy (non-hydrogen) atoms. The van der Waals surface area contributed by atoms with Gasteiger partial charge in [0.2, 0.25) is 0 Å². The van der Waals surface area contributed by atoms with Crippen molar-refractivity contribution < 1.29 is 13.0 Å². The molecule has 0 aliphatic rings. The summed E-state index contributed by atoms with van der Waals surface area (Å²) in [7, 11) is -3.75. The highest BCUT2D eigenvalue weighted by Crippen LogP contribution is 1.99. The van der Waals surface area contributed by atoms with Crippen LogP contribution in [-0.2, 0) is 10.1 Å². The van der Waals surface area contributed by atoms with E-state index in [1.54, 1.807) is 6.92 Å². The Morgan fingerprint density at radius 3 is 1.70 bits per heavy atom. The van der Waals surface area contributed by atoms with Crippen molar-refractivity contribution in [2.24, 2.45) is 0 Å². The zero-order valence-corrected chi connectivity index (χ0v) is 7.77. The number of hydrogen-bond donors (Lipinski definition) is 1. The fourth-order valence-electron chi connectivity index (χ4n) is 0.211. The van der Waals surface area contributed by atoms with E-state index in [0.29, 0.717) is 6.42 Å². The third-order valence-corrected chi connectivity index (χ3v) is 2.43. The Kier molecular flexibility index (Phi) is 7.14. The zero-order valence-electron chi connectivity index (χ0n) is 6.96. The van der Waals surface area contributed by atoms with Gasteiger partial charge in [0, 0.05) is 0 Å². The quantitative estimate of drug-likeness (QED) is 0.638. The predicted molar refractivity (Wildman–Crippen MR) is 42.6 cm³/mol. The fourth-order valence-corrected chi connectivity index (χ4v) is 0.632. The van der Waals surface area contributed by atoms with Crippen molar-refractivity contribution in [3.8, 4) is 0 Å². The van der Waals surface area contributed by atoms with Gasteiger partial charge in [-0.05, 0) is 13.3 Å². The Balaban J connectivity index is 0.